The van der Waals surface area contributed by atoms with Gasteiger partial charge in [0.2, 0.25) is 0 Å². The molecule has 2 rings (SSSR count). The number of hydrogen-bond acceptors (Lipinski definition) is 3. The summed E-state index contributed by atoms with van der Waals surface area (Å²) in [6, 6.07) is 9.26. The van der Waals surface area contributed by atoms with Crippen LogP contribution in [0.1, 0.15) is 43.3 Å². The van der Waals surface area contributed by atoms with Crippen molar-refractivity contribution in [3.63, 3.8) is 0 Å². The molecule has 0 bridgehead atoms. The molecule has 0 fully saturated rings. The number of nitrogens with zero attached hydrogens (tertiary/aromatic N) is 2. The van der Waals surface area contributed by atoms with Gasteiger partial charge in [0.25, 0.3) is 0 Å². The second kappa shape index (κ2) is 7.04. The number of benzene rings is 1. The Bertz CT molecular complexity index is 461. The third-order valence-electron chi connectivity index (χ3n) is 3.30. The van der Waals surface area contributed by atoms with E-state index in [1.165, 1.54) is 17.5 Å². The van der Waals surface area contributed by atoms with Gasteiger partial charge in [0.15, 0.2) is 0 Å². The fraction of sp³-hybridized carbons (Fsp3) is 0.467. The highest BCUT2D eigenvalue weighted by molar-refractivity contribution is 5.24. The summed E-state index contributed by atoms with van der Waals surface area (Å²) in [5.74, 6) is 0.929. The first-order valence-corrected chi connectivity index (χ1v) is 6.96. The van der Waals surface area contributed by atoms with Crippen molar-refractivity contribution in [3.8, 4) is 0 Å². The predicted octanol–water partition coefficient (Wildman–Crippen LogP) is 2.65. The third-order valence-corrected chi connectivity index (χ3v) is 3.30. The first-order valence-electron chi connectivity index (χ1n) is 6.96. The van der Waals surface area contributed by atoms with Crippen molar-refractivity contribution in [1.29, 1.82) is 0 Å². The van der Waals surface area contributed by atoms with Crippen molar-refractivity contribution in [2.45, 2.75) is 39.2 Å². The summed E-state index contributed by atoms with van der Waals surface area (Å²) < 4.78 is 0. The molecule has 2 N–H and O–H groups in total. The maximum absolute atomic E-state index is 4.11. The highest BCUT2D eigenvalue weighted by Crippen LogP contribution is 2.14. The Balaban J connectivity index is 1.80. The summed E-state index contributed by atoms with van der Waals surface area (Å²) in [4.78, 5) is 4.11. The van der Waals surface area contributed by atoms with E-state index in [4.69, 9.17) is 0 Å². The van der Waals surface area contributed by atoms with Gasteiger partial charge in [-0.15, -0.1) is 0 Å². The van der Waals surface area contributed by atoms with Crippen LogP contribution in [0.15, 0.2) is 30.6 Å². The predicted molar refractivity (Wildman–Crippen MR) is 76.9 cm³/mol. The molecule has 1 aromatic heterocycles. The Labute approximate surface area is 114 Å². The van der Waals surface area contributed by atoms with Crippen molar-refractivity contribution in [2.24, 2.45) is 0 Å². The van der Waals surface area contributed by atoms with E-state index >= 15 is 0 Å². The first kappa shape index (κ1) is 13.7. The minimum absolute atomic E-state index is 0.360. The maximum Gasteiger partial charge on any atom is 0.137 e. The van der Waals surface area contributed by atoms with Crippen molar-refractivity contribution >= 4 is 0 Å². The molecule has 4 heteroatoms. The highest BCUT2D eigenvalue weighted by atomic mass is 15.2. The lowest BCUT2D eigenvalue weighted by atomic mass is 10.0. The van der Waals surface area contributed by atoms with E-state index in [1.807, 2.05) is 0 Å². The van der Waals surface area contributed by atoms with Crippen molar-refractivity contribution in [1.82, 2.24) is 20.5 Å². The van der Waals surface area contributed by atoms with E-state index in [-0.39, 0.29) is 0 Å². The van der Waals surface area contributed by atoms with Crippen LogP contribution in [0, 0.1) is 0 Å². The van der Waals surface area contributed by atoms with Crippen LogP contribution in [0.25, 0.3) is 0 Å². The molecule has 0 aliphatic carbocycles. The molecule has 1 unspecified atom stereocenters. The standard InChI is InChI=1S/C15H22N4/c1-3-4-13-5-7-14(8-6-13)12(2)16-10-9-15-17-11-18-19-15/h5-8,11-12,16H,3-4,9-10H2,1-2H3,(H,17,18,19). The number of rotatable bonds is 7. The van der Waals surface area contributed by atoms with E-state index in [0.29, 0.717) is 6.04 Å². The molecule has 0 saturated heterocycles. The third kappa shape index (κ3) is 4.17. The van der Waals surface area contributed by atoms with Crippen LogP contribution >= 0.6 is 0 Å². The van der Waals surface area contributed by atoms with E-state index in [2.05, 4.69) is 58.6 Å². The molecule has 1 aromatic carbocycles. The quantitative estimate of drug-likeness (QED) is 0.802. The summed E-state index contributed by atoms with van der Waals surface area (Å²) in [6.07, 6.45) is 4.78. The Morgan fingerprint density at radius 3 is 2.63 bits per heavy atom. The van der Waals surface area contributed by atoms with Crippen LogP contribution in [-0.2, 0) is 12.8 Å². The van der Waals surface area contributed by atoms with Crippen molar-refractivity contribution < 1.29 is 0 Å². The normalized spacial score (nSPS) is 12.5. The van der Waals surface area contributed by atoms with E-state index in [9.17, 15) is 0 Å². The molecule has 1 atom stereocenters. The average Bonchev–Trinajstić information content (AvgIpc) is 2.93. The molecular weight excluding hydrogens is 236 g/mol. The van der Waals surface area contributed by atoms with Crippen molar-refractivity contribution in [3.05, 3.63) is 47.5 Å². The second-order valence-electron chi connectivity index (χ2n) is 4.85. The minimum Gasteiger partial charge on any atom is -0.310 e. The smallest absolute Gasteiger partial charge is 0.137 e. The second-order valence-corrected chi connectivity index (χ2v) is 4.85. The Kier molecular flexibility index (Phi) is 5.10. The average molecular weight is 258 g/mol. The van der Waals surface area contributed by atoms with Gasteiger partial charge in [-0.3, -0.25) is 5.10 Å². The van der Waals surface area contributed by atoms with Crippen LogP contribution in [0.5, 0.6) is 0 Å². The Hall–Kier alpha value is -1.68. The van der Waals surface area contributed by atoms with Crippen LogP contribution in [0.2, 0.25) is 0 Å². The highest BCUT2D eigenvalue weighted by Gasteiger charge is 2.05. The van der Waals surface area contributed by atoms with Gasteiger partial charge in [-0.25, -0.2) is 4.98 Å². The molecule has 0 amide bonds. The monoisotopic (exact) mass is 258 g/mol. The lowest BCUT2D eigenvalue weighted by Gasteiger charge is -2.14. The zero-order chi connectivity index (χ0) is 13.5. The van der Waals surface area contributed by atoms with Crippen LogP contribution in [0.3, 0.4) is 0 Å². The summed E-state index contributed by atoms with van der Waals surface area (Å²) in [5, 5.41) is 10.2. The summed E-state index contributed by atoms with van der Waals surface area (Å²) >= 11 is 0. The zero-order valence-corrected chi connectivity index (χ0v) is 11.7. The summed E-state index contributed by atoms with van der Waals surface area (Å²) in [6.45, 7) is 5.30. The van der Waals surface area contributed by atoms with Gasteiger partial charge in [0.05, 0.1) is 0 Å². The van der Waals surface area contributed by atoms with Gasteiger partial charge >= 0.3 is 0 Å². The minimum atomic E-state index is 0.360. The lowest BCUT2D eigenvalue weighted by Crippen LogP contribution is -2.21. The van der Waals surface area contributed by atoms with E-state index < -0.39 is 0 Å². The number of hydrogen-bond donors (Lipinski definition) is 2. The Morgan fingerprint density at radius 1 is 1.21 bits per heavy atom. The number of nitrogens with one attached hydrogen (secondary N) is 2. The molecule has 0 saturated carbocycles. The van der Waals surface area contributed by atoms with Gasteiger partial charge in [-0.1, -0.05) is 37.6 Å². The molecule has 0 radical (unpaired) electrons. The first-order chi connectivity index (χ1) is 9.29. The van der Waals surface area contributed by atoms with Crippen LogP contribution < -0.4 is 5.32 Å². The van der Waals surface area contributed by atoms with Gasteiger partial charge < -0.3 is 5.32 Å². The molecule has 1 heterocycles. The molecule has 0 aliphatic heterocycles. The van der Waals surface area contributed by atoms with Crippen LogP contribution in [0.4, 0.5) is 0 Å². The summed E-state index contributed by atoms with van der Waals surface area (Å²) in [5.41, 5.74) is 2.75. The molecule has 102 valence electrons. The van der Waals surface area contributed by atoms with Gasteiger partial charge in [-0.2, -0.15) is 5.10 Å². The fourth-order valence-electron chi connectivity index (χ4n) is 2.14. The Morgan fingerprint density at radius 2 is 2.00 bits per heavy atom. The number of aromatic amines is 1. The largest absolute Gasteiger partial charge is 0.310 e. The van der Waals surface area contributed by atoms with E-state index in [1.54, 1.807) is 6.33 Å². The SMILES string of the molecule is CCCc1ccc(C(C)NCCc2ncn[nH]2)cc1. The van der Waals surface area contributed by atoms with Gasteiger partial charge in [0.1, 0.15) is 12.2 Å². The van der Waals surface area contributed by atoms with Gasteiger partial charge in [-0.05, 0) is 24.5 Å². The molecule has 0 spiro atoms. The number of H-pyrrole nitrogens is 1. The lowest BCUT2D eigenvalue weighted by molar-refractivity contribution is 0.570. The summed E-state index contributed by atoms with van der Waals surface area (Å²) in [7, 11) is 0. The molecule has 19 heavy (non-hydrogen) atoms. The number of aromatic nitrogens is 3. The van der Waals surface area contributed by atoms with E-state index in [0.717, 1.165) is 25.2 Å². The fourth-order valence-corrected chi connectivity index (χ4v) is 2.14. The topological polar surface area (TPSA) is 53.6 Å². The molecular formula is C15H22N4. The molecule has 2 aromatic rings. The maximum atomic E-state index is 4.11. The van der Waals surface area contributed by atoms with Crippen molar-refractivity contribution in [2.75, 3.05) is 6.54 Å². The molecule has 4 nitrogen and oxygen atoms in total. The zero-order valence-electron chi connectivity index (χ0n) is 11.7. The van der Waals surface area contributed by atoms with Gasteiger partial charge in [0, 0.05) is 19.0 Å². The molecule has 0 aliphatic rings. The van der Waals surface area contributed by atoms with Crippen LogP contribution in [-0.4, -0.2) is 21.7 Å². The number of aryl methyl sites for hydroxylation is 1.